The lowest BCUT2D eigenvalue weighted by Gasteiger charge is -2.30. The molecule has 1 aromatic rings. The molecule has 8 atom stereocenters. The molecule has 0 radical (unpaired) electrons. The molecule has 23 N–H and O–H groups in total. The Bertz CT molecular complexity index is 2080. The predicted molar refractivity (Wildman–Crippen MR) is 273 cm³/mol. The van der Waals surface area contributed by atoms with Crippen LogP contribution in [0.2, 0.25) is 0 Å². The van der Waals surface area contributed by atoms with E-state index in [9.17, 15) is 53.4 Å². The Morgan fingerprint density at radius 3 is 2.00 bits per heavy atom. The fourth-order valence-corrected chi connectivity index (χ4v) is 7.70. The topological polar surface area (TPSA) is 474 Å². The number of aliphatic hydroxyl groups is 1. The Kier molecular flexibility index (Phi) is 29.0. The number of hydrogen-bond donors (Lipinski definition) is 17. The summed E-state index contributed by atoms with van der Waals surface area (Å²) in [5.74, 6) is -8.00. The molecule has 0 bridgehead atoms. The molecule has 0 aromatic heterocycles. The summed E-state index contributed by atoms with van der Waals surface area (Å²) in [5, 5.41) is 47.6. The van der Waals surface area contributed by atoms with Crippen molar-refractivity contribution in [1.82, 2.24) is 47.4 Å². The van der Waals surface area contributed by atoms with E-state index >= 15 is 0 Å². The largest absolute Gasteiger partial charge is 0.477 e. The predicted octanol–water partition coefficient (Wildman–Crippen LogP) is -5.31. The maximum absolute atomic E-state index is 14.2. The molecule has 27 nitrogen and oxygen atoms in total. The summed E-state index contributed by atoms with van der Waals surface area (Å²) < 4.78 is 0. The van der Waals surface area contributed by atoms with Gasteiger partial charge in [0.15, 0.2) is 5.96 Å². The molecule has 0 spiro atoms. The molecule has 1 aromatic carbocycles. The molecule has 1 heterocycles. The van der Waals surface area contributed by atoms with Gasteiger partial charge in [0.05, 0.1) is 18.7 Å². The second-order valence-electron chi connectivity index (χ2n) is 18.0. The van der Waals surface area contributed by atoms with Gasteiger partial charge < -0.3 is 92.0 Å². The number of benzene rings is 1. The Morgan fingerprint density at radius 1 is 0.757 bits per heavy atom. The van der Waals surface area contributed by atoms with Gasteiger partial charge in [0, 0.05) is 26.1 Å². The van der Waals surface area contributed by atoms with Gasteiger partial charge in [0.2, 0.25) is 47.3 Å². The van der Waals surface area contributed by atoms with Crippen molar-refractivity contribution >= 4 is 59.2 Å². The Hall–Kier alpha value is -6.78. The molecule has 414 valence electrons. The first kappa shape index (κ1) is 63.3. The van der Waals surface area contributed by atoms with Gasteiger partial charge >= 0.3 is 5.97 Å². The van der Waals surface area contributed by atoms with E-state index in [1.807, 2.05) is 19.1 Å². The molecule has 0 aliphatic carbocycles. The number of aliphatic carboxylic acids is 1. The number of nitrogens with one attached hydrogen (secondary N) is 9. The van der Waals surface area contributed by atoms with Gasteiger partial charge in [-0.05, 0) is 103 Å². The second kappa shape index (κ2) is 33.9. The van der Waals surface area contributed by atoms with Gasteiger partial charge in [-0.2, -0.15) is 0 Å². The molecule has 8 amide bonds. The van der Waals surface area contributed by atoms with Crippen LogP contribution in [0.3, 0.4) is 0 Å². The lowest BCUT2D eigenvalue weighted by Crippen LogP contribution is -2.60. The molecule has 1 aliphatic heterocycles. The molecule has 0 saturated carbocycles. The van der Waals surface area contributed by atoms with Crippen molar-refractivity contribution in [3.05, 3.63) is 47.2 Å². The lowest BCUT2D eigenvalue weighted by molar-refractivity contribution is -0.142. The maximum atomic E-state index is 14.2. The first-order chi connectivity index (χ1) is 35.2. The number of unbranched alkanes of at least 4 members (excludes halogenated alkanes) is 2. The fourth-order valence-electron chi connectivity index (χ4n) is 7.70. The average Bonchev–Trinajstić information content (AvgIpc) is 3.87. The van der Waals surface area contributed by atoms with Gasteiger partial charge in [0.25, 0.3) is 0 Å². The van der Waals surface area contributed by atoms with E-state index in [1.54, 1.807) is 12.1 Å². The van der Waals surface area contributed by atoms with Crippen LogP contribution in [0.5, 0.6) is 0 Å². The number of aliphatic hydroxyl groups excluding tert-OH is 1. The average molecular weight is 1050 g/mol. The van der Waals surface area contributed by atoms with Gasteiger partial charge in [-0.1, -0.05) is 42.3 Å². The minimum atomic E-state index is -1.56. The van der Waals surface area contributed by atoms with Crippen LogP contribution in [0.15, 0.2) is 36.0 Å². The van der Waals surface area contributed by atoms with Gasteiger partial charge in [-0.25, -0.2) is 4.79 Å². The molecular formula is C47H80N16O11. The number of likely N-dealkylation sites (tertiary alicyclic amines) is 1. The molecule has 1 fully saturated rings. The van der Waals surface area contributed by atoms with E-state index in [1.165, 1.54) is 17.9 Å². The highest BCUT2D eigenvalue weighted by molar-refractivity contribution is 5.99. The van der Waals surface area contributed by atoms with Crippen molar-refractivity contribution in [3.8, 4) is 0 Å². The van der Waals surface area contributed by atoms with E-state index in [0.717, 1.165) is 5.56 Å². The number of hydrogen-bond acceptors (Lipinski definition) is 16. The minimum absolute atomic E-state index is 0.0419. The second-order valence-corrected chi connectivity index (χ2v) is 18.0. The van der Waals surface area contributed by atoms with Crippen LogP contribution >= 0.6 is 0 Å². The molecule has 0 unspecified atom stereocenters. The third kappa shape index (κ3) is 22.5. The van der Waals surface area contributed by atoms with Crippen molar-refractivity contribution in [3.63, 3.8) is 0 Å². The van der Waals surface area contributed by atoms with E-state index in [0.29, 0.717) is 44.2 Å². The molecule has 1 aliphatic rings. The van der Waals surface area contributed by atoms with Crippen molar-refractivity contribution in [2.24, 2.45) is 34.4 Å². The Morgan fingerprint density at radius 2 is 1.39 bits per heavy atom. The number of rotatable bonds is 34. The number of guanidine groups is 1. The number of nitrogens with zero attached hydrogens (tertiary/aromatic N) is 1. The number of amides is 8. The van der Waals surface area contributed by atoms with E-state index in [2.05, 4.69) is 42.5 Å². The van der Waals surface area contributed by atoms with Crippen LogP contribution in [0, 0.1) is 12.3 Å². The van der Waals surface area contributed by atoms with Crippen molar-refractivity contribution in [2.75, 3.05) is 45.8 Å². The molecular weight excluding hydrogens is 965 g/mol. The first-order valence-corrected chi connectivity index (χ1v) is 24.9. The fraction of sp³-hybridized carbons (Fsp3) is 0.617. The summed E-state index contributed by atoms with van der Waals surface area (Å²) >= 11 is 0. The Balaban J connectivity index is 2.25. The SMILES string of the molecule is Cc1ccc(C[C@H](NC(=O)[C@@H]2CCCN2C(=O)[C@@H](CCCN)NC(=O)CNC(=O)[C@H](C)NC(=O)[C@@H](NC(=O)[C@@H](N)CCCCN)[C@@H](O)CN)C(=O)N[C@@H](CCCCN)C(=O)N/C(=C\CCNC(=N)N)C(=O)O)cc1. The van der Waals surface area contributed by atoms with E-state index in [4.69, 9.17) is 39.8 Å². The summed E-state index contributed by atoms with van der Waals surface area (Å²) in [5.41, 5.74) is 34.9. The van der Waals surface area contributed by atoms with Crippen LogP contribution in [-0.2, 0) is 49.6 Å². The number of carboxylic acid groups (broad SMARTS) is 1. The van der Waals surface area contributed by atoms with Gasteiger partial charge in [-0.3, -0.25) is 43.8 Å². The van der Waals surface area contributed by atoms with Crippen molar-refractivity contribution in [1.29, 1.82) is 5.41 Å². The van der Waals surface area contributed by atoms with E-state index < -0.39 is 120 Å². The van der Waals surface area contributed by atoms with Crippen molar-refractivity contribution < 1.29 is 53.4 Å². The monoisotopic (exact) mass is 1040 g/mol. The zero-order chi connectivity index (χ0) is 55.3. The third-order valence-electron chi connectivity index (χ3n) is 11.9. The standard InChI is InChI=1S/C47H80N16O11/c1-27-15-17-29(18-16-27)24-34(42(69)59-31(11-4-6-20-49)41(68)60-33(46(73)74)13-8-22-55-47(53)54)61-43(70)35-14-9-23-63(35)45(72)32(12-7-21-50)58-37(65)26-56-39(66)28(2)57-44(71)38(36(64)25-51)62-40(67)30(52)10-3-5-19-48/h13,15-18,28,30-32,34-36,38,64H,3-12,14,19-26,48-52H2,1-2H3,(H,56,66)(H,57,71)(H,58,65)(H,59,69)(H,60,68)(H,61,70)(H,62,67)(H,73,74)(H4,53,54,55)/b33-13-/t28-,30-,31-,32+,34-,35-,36-,38-/m0/s1. The summed E-state index contributed by atoms with van der Waals surface area (Å²) in [6, 6.07) is -1.54. The number of nitrogens with two attached hydrogens (primary N) is 6. The highest BCUT2D eigenvalue weighted by Crippen LogP contribution is 2.21. The number of carbonyl (C=O) groups is 9. The summed E-state index contributed by atoms with van der Waals surface area (Å²) in [6.07, 6.45) is 3.01. The number of carboxylic acids is 1. The normalized spacial score (nSPS) is 16.2. The summed E-state index contributed by atoms with van der Waals surface area (Å²) in [4.78, 5) is 122. The van der Waals surface area contributed by atoms with Gasteiger partial charge in [0.1, 0.15) is 41.9 Å². The van der Waals surface area contributed by atoms with E-state index in [-0.39, 0.29) is 77.1 Å². The number of carbonyl (C=O) groups excluding carboxylic acids is 8. The first-order valence-electron chi connectivity index (χ1n) is 24.9. The van der Waals surface area contributed by atoms with Crippen LogP contribution in [0.4, 0.5) is 0 Å². The summed E-state index contributed by atoms with van der Waals surface area (Å²) in [7, 11) is 0. The van der Waals surface area contributed by atoms with Crippen LogP contribution in [0.1, 0.15) is 88.7 Å². The quantitative estimate of drug-likeness (QED) is 0.0133. The van der Waals surface area contributed by atoms with Gasteiger partial charge in [-0.15, -0.1) is 0 Å². The van der Waals surface area contributed by atoms with Crippen LogP contribution < -0.4 is 76.9 Å². The number of aryl methyl sites for hydroxylation is 1. The summed E-state index contributed by atoms with van der Waals surface area (Å²) in [6.45, 7) is 3.16. The molecule has 74 heavy (non-hydrogen) atoms. The zero-order valence-electron chi connectivity index (χ0n) is 42.4. The molecule has 2 rings (SSSR count). The van der Waals surface area contributed by atoms with Crippen LogP contribution in [0.25, 0.3) is 0 Å². The van der Waals surface area contributed by atoms with Crippen molar-refractivity contribution in [2.45, 2.75) is 139 Å². The van der Waals surface area contributed by atoms with Crippen LogP contribution in [-0.4, -0.2) is 169 Å². The Labute approximate surface area is 431 Å². The maximum Gasteiger partial charge on any atom is 0.352 e. The molecule has 1 saturated heterocycles. The molecule has 27 heteroatoms. The smallest absolute Gasteiger partial charge is 0.352 e. The highest BCUT2D eigenvalue weighted by atomic mass is 16.4. The highest BCUT2D eigenvalue weighted by Gasteiger charge is 2.39. The lowest BCUT2D eigenvalue weighted by atomic mass is 10.0. The zero-order valence-corrected chi connectivity index (χ0v) is 42.4. The minimum Gasteiger partial charge on any atom is -0.477 e. The third-order valence-corrected chi connectivity index (χ3v) is 11.9.